The number of nitrogens with zero attached hydrogens (tertiary/aromatic N) is 1. The second kappa shape index (κ2) is 4.97. The highest BCUT2D eigenvalue weighted by Crippen LogP contribution is 2.36. The van der Waals surface area contributed by atoms with Gasteiger partial charge in [-0.1, -0.05) is 43.2 Å². The van der Waals surface area contributed by atoms with E-state index in [-0.39, 0.29) is 18.1 Å². The number of hydrogen-bond donors (Lipinski definition) is 1. The zero-order chi connectivity index (χ0) is 13.4. The van der Waals surface area contributed by atoms with Gasteiger partial charge in [0.05, 0.1) is 6.17 Å². The Morgan fingerprint density at radius 1 is 1.32 bits per heavy atom. The van der Waals surface area contributed by atoms with Gasteiger partial charge in [-0.15, -0.1) is 0 Å². The molecule has 1 aromatic rings. The summed E-state index contributed by atoms with van der Waals surface area (Å²) in [5, 5.41) is 3.42. The van der Waals surface area contributed by atoms with Gasteiger partial charge in [-0.2, -0.15) is 0 Å². The fourth-order valence-electron chi connectivity index (χ4n) is 3.17. The lowest BCUT2D eigenvalue weighted by Gasteiger charge is -2.28. The summed E-state index contributed by atoms with van der Waals surface area (Å²) in [6.07, 6.45) is 3.97. The van der Waals surface area contributed by atoms with E-state index in [1.165, 1.54) is 12.8 Å². The summed E-state index contributed by atoms with van der Waals surface area (Å²) < 4.78 is 0. The molecule has 1 saturated carbocycles. The van der Waals surface area contributed by atoms with Gasteiger partial charge in [-0.3, -0.25) is 10.1 Å². The van der Waals surface area contributed by atoms with Crippen molar-refractivity contribution in [1.82, 2.24) is 10.2 Å². The third-order valence-corrected chi connectivity index (χ3v) is 4.31. The molecular formula is C16H22N2O. The first kappa shape index (κ1) is 12.7. The molecule has 0 aromatic heterocycles. The topological polar surface area (TPSA) is 32.3 Å². The maximum absolute atomic E-state index is 12.6. The predicted octanol–water partition coefficient (Wildman–Crippen LogP) is 2.69. The minimum Gasteiger partial charge on any atom is -0.323 e. The first-order chi connectivity index (χ1) is 9.16. The Bertz CT molecular complexity index is 455. The molecule has 0 spiro atoms. The molecular weight excluding hydrogens is 236 g/mol. The molecule has 19 heavy (non-hydrogen) atoms. The number of benzene rings is 1. The minimum absolute atomic E-state index is 0.131. The number of hydrogen-bond acceptors (Lipinski definition) is 2. The van der Waals surface area contributed by atoms with Crippen LogP contribution in [0.3, 0.4) is 0 Å². The standard InChI is InChI=1S/C16H22N2O/c1-11(10-13-8-9-13)18-12(2)17-15(16(18)19)14-6-4-3-5-7-14/h3-7,11-13,15,17H,8-10H2,1-2H3. The lowest BCUT2D eigenvalue weighted by molar-refractivity contribution is -0.132. The summed E-state index contributed by atoms with van der Waals surface area (Å²) in [5.74, 6) is 1.08. The van der Waals surface area contributed by atoms with E-state index in [0.29, 0.717) is 6.04 Å². The van der Waals surface area contributed by atoms with Crippen LogP contribution < -0.4 is 5.32 Å². The molecule has 1 aromatic carbocycles. The molecule has 2 aliphatic rings. The minimum atomic E-state index is -0.169. The second-order valence-electron chi connectivity index (χ2n) is 5.96. The number of carbonyl (C=O) groups excluding carboxylic acids is 1. The quantitative estimate of drug-likeness (QED) is 0.900. The Hall–Kier alpha value is -1.35. The number of carbonyl (C=O) groups is 1. The van der Waals surface area contributed by atoms with E-state index in [4.69, 9.17) is 0 Å². The highest BCUT2D eigenvalue weighted by Gasteiger charge is 2.40. The molecule has 102 valence electrons. The van der Waals surface area contributed by atoms with Crippen LogP contribution in [0.25, 0.3) is 0 Å². The molecule has 1 N–H and O–H groups in total. The molecule has 1 heterocycles. The average Bonchev–Trinajstić information content (AvgIpc) is 3.15. The summed E-state index contributed by atoms with van der Waals surface area (Å²) in [7, 11) is 0. The van der Waals surface area contributed by atoms with Crippen molar-refractivity contribution in [3.63, 3.8) is 0 Å². The zero-order valence-electron chi connectivity index (χ0n) is 11.7. The normalized spacial score (nSPS) is 28.7. The Morgan fingerprint density at radius 3 is 2.63 bits per heavy atom. The van der Waals surface area contributed by atoms with Gasteiger partial charge in [0, 0.05) is 6.04 Å². The SMILES string of the molecule is CC(CC1CC1)N1C(=O)C(c2ccccc2)NC1C. The van der Waals surface area contributed by atoms with Crippen LogP contribution in [0.5, 0.6) is 0 Å². The van der Waals surface area contributed by atoms with Crippen molar-refractivity contribution in [1.29, 1.82) is 0 Å². The van der Waals surface area contributed by atoms with Crippen molar-refractivity contribution in [2.24, 2.45) is 5.92 Å². The van der Waals surface area contributed by atoms with E-state index in [9.17, 15) is 4.79 Å². The molecule has 3 atom stereocenters. The van der Waals surface area contributed by atoms with Crippen LogP contribution in [-0.2, 0) is 4.79 Å². The highest BCUT2D eigenvalue weighted by molar-refractivity contribution is 5.85. The largest absolute Gasteiger partial charge is 0.323 e. The van der Waals surface area contributed by atoms with Crippen LogP contribution in [-0.4, -0.2) is 23.0 Å². The van der Waals surface area contributed by atoms with E-state index >= 15 is 0 Å². The predicted molar refractivity (Wildman–Crippen MR) is 75.4 cm³/mol. The van der Waals surface area contributed by atoms with Gasteiger partial charge in [-0.25, -0.2) is 0 Å². The summed E-state index contributed by atoms with van der Waals surface area (Å²) in [6.45, 7) is 4.27. The van der Waals surface area contributed by atoms with E-state index in [0.717, 1.165) is 17.9 Å². The maximum Gasteiger partial charge on any atom is 0.245 e. The fraction of sp³-hybridized carbons (Fsp3) is 0.562. The molecule has 1 saturated heterocycles. The second-order valence-corrected chi connectivity index (χ2v) is 5.96. The first-order valence-corrected chi connectivity index (χ1v) is 7.30. The van der Waals surface area contributed by atoms with E-state index in [1.807, 2.05) is 35.2 Å². The Balaban J connectivity index is 1.74. The smallest absolute Gasteiger partial charge is 0.245 e. The van der Waals surface area contributed by atoms with Gasteiger partial charge in [0.1, 0.15) is 6.04 Å². The van der Waals surface area contributed by atoms with Gasteiger partial charge >= 0.3 is 0 Å². The molecule has 3 unspecified atom stereocenters. The maximum atomic E-state index is 12.6. The Kier molecular flexibility index (Phi) is 3.31. The van der Waals surface area contributed by atoms with Gasteiger partial charge in [0.2, 0.25) is 5.91 Å². The number of rotatable bonds is 4. The van der Waals surface area contributed by atoms with E-state index in [2.05, 4.69) is 19.2 Å². The zero-order valence-corrected chi connectivity index (χ0v) is 11.7. The Morgan fingerprint density at radius 2 is 2.00 bits per heavy atom. The molecule has 0 radical (unpaired) electrons. The van der Waals surface area contributed by atoms with Gasteiger partial charge in [0.25, 0.3) is 0 Å². The molecule has 1 amide bonds. The van der Waals surface area contributed by atoms with Crippen molar-refractivity contribution < 1.29 is 4.79 Å². The first-order valence-electron chi connectivity index (χ1n) is 7.30. The summed E-state index contributed by atoms with van der Waals surface area (Å²) in [6, 6.07) is 10.2. The van der Waals surface area contributed by atoms with Crippen molar-refractivity contribution in [3.05, 3.63) is 35.9 Å². The third-order valence-electron chi connectivity index (χ3n) is 4.31. The fourth-order valence-corrected chi connectivity index (χ4v) is 3.17. The molecule has 2 fully saturated rings. The number of amides is 1. The van der Waals surface area contributed by atoms with Crippen LogP contribution in [0.1, 0.15) is 44.7 Å². The van der Waals surface area contributed by atoms with Crippen molar-refractivity contribution >= 4 is 5.91 Å². The van der Waals surface area contributed by atoms with Crippen molar-refractivity contribution in [2.75, 3.05) is 0 Å². The molecule has 3 nitrogen and oxygen atoms in total. The molecule has 1 aliphatic carbocycles. The lowest BCUT2D eigenvalue weighted by atomic mass is 10.1. The van der Waals surface area contributed by atoms with Crippen molar-refractivity contribution in [3.8, 4) is 0 Å². The highest BCUT2D eigenvalue weighted by atomic mass is 16.2. The summed E-state index contributed by atoms with van der Waals surface area (Å²) in [4.78, 5) is 14.7. The van der Waals surface area contributed by atoms with E-state index in [1.54, 1.807) is 0 Å². The lowest BCUT2D eigenvalue weighted by Crippen LogP contribution is -2.41. The average molecular weight is 258 g/mol. The monoisotopic (exact) mass is 258 g/mol. The van der Waals surface area contributed by atoms with Crippen LogP contribution in [0.4, 0.5) is 0 Å². The summed E-state index contributed by atoms with van der Waals surface area (Å²) in [5.41, 5.74) is 1.07. The van der Waals surface area contributed by atoms with Crippen LogP contribution >= 0.6 is 0 Å². The van der Waals surface area contributed by atoms with Crippen LogP contribution in [0.2, 0.25) is 0 Å². The Labute approximate surface area is 115 Å². The number of nitrogens with one attached hydrogen (secondary N) is 1. The molecule has 3 heteroatoms. The van der Waals surface area contributed by atoms with Gasteiger partial charge < -0.3 is 4.90 Å². The van der Waals surface area contributed by atoms with E-state index < -0.39 is 0 Å². The molecule has 3 rings (SSSR count). The van der Waals surface area contributed by atoms with Gasteiger partial charge in [0.15, 0.2) is 0 Å². The molecule has 0 bridgehead atoms. The van der Waals surface area contributed by atoms with Crippen LogP contribution in [0, 0.1) is 5.92 Å². The van der Waals surface area contributed by atoms with Crippen LogP contribution in [0.15, 0.2) is 30.3 Å². The third kappa shape index (κ3) is 2.52. The van der Waals surface area contributed by atoms with Crippen molar-refractivity contribution in [2.45, 2.75) is 51.4 Å². The van der Waals surface area contributed by atoms with Gasteiger partial charge in [-0.05, 0) is 31.7 Å². The summed E-state index contributed by atoms with van der Waals surface area (Å²) >= 11 is 0. The molecule has 1 aliphatic heterocycles.